The van der Waals surface area contributed by atoms with E-state index in [1.54, 1.807) is 6.20 Å². The Morgan fingerprint density at radius 3 is 3.04 bits per heavy atom. The van der Waals surface area contributed by atoms with Crippen molar-refractivity contribution in [3.63, 3.8) is 0 Å². The van der Waals surface area contributed by atoms with E-state index in [0.29, 0.717) is 0 Å². The zero-order valence-electron chi connectivity index (χ0n) is 13.7. The van der Waals surface area contributed by atoms with Crippen molar-refractivity contribution in [1.29, 1.82) is 0 Å². The van der Waals surface area contributed by atoms with E-state index in [1.165, 1.54) is 16.8 Å². The van der Waals surface area contributed by atoms with E-state index in [9.17, 15) is 0 Å². The van der Waals surface area contributed by atoms with Crippen molar-refractivity contribution >= 4 is 0 Å². The van der Waals surface area contributed by atoms with Crippen LogP contribution in [0.15, 0.2) is 36.9 Å². The van der Waals surface area contributed by atoms with E-state index in [2.05, 4.69) is 38.1 Å². The van der Waals surface area contributed by atoms with E-state index in [1.807, 2.05) is 24.7 Å². The van der Waals surface area contributed by atoms with Crippen LogP contribution >= 0.6 is 0 Å². The largest absolute Gasteiger partial charge is 0.293 e. The van der Waals surface area contributed by atoms with Crippen molar-refractivity contribution < 1.29 is 0 Å². The van der Waals surface area contributed by atoms with Gasteiger partial charge in [-0.2, -0.15) is 5.10 Å². The third kappa shape index (κ3) is 2.92. The van der Waals surface area contributed by atoms with Crippen molar-refractivity contribution in [1.82, 2.24) is 30.0 Å². The second kappa shape index (κ2) is 6.49. The topological polar surface area (TPSA) is 70.6 Å². The van der Waals surface area contributed by atoms with Crippen LogP contribution in [0.4, 0.5) is 0 Å². The van der Waals surface area contributed by atoms with Crippen LogP contribution in [0.1, 0.15) is 29.6 Å². The van der Waals surface area contributed by atoms with Crippen LogP contribution in [0.2, 0.25) is 0 Å². The highest BCUT2D eigenvalue weighted by Crippen LogP contribution is 2.24. The first-order valence-corrected chi connectivity index (χ1v) is 8.32. The van der Waals surface area contributed by atoms with Gasteiger partial charge < -0.3 is 0 Å². The predicted octanol–water partition coefficient (Wildman–Crippen LogP) is 2.38. The van der Waals surface area contributed by atoms with Crippen molar-refractivity contribution in [2.45, 2.75) is 32.9 Å². The van der Waals surface area contributed by atoms with Crippen LogP contribution in [0.5, 0.6) is 0 Å². The van der Waals surface area contributed by atoms with Crippen molar-refractivity contribution in [3.05, 3.63) is 59.6 Å². The number of fused-ring (bicyclic) bond motifs is 1. The van der Waals surface area contributed by atoms with Crippen LogP contribution < -0.4 is 0 Å². The molecule has 24 heavy (non-hydrogen) atoms. The molecule has 0 unspecified atom stereocenters. The maximum absolute atomic E-state index is 4.71. The molecule has 122 valence electrons. The van der Waals surface area contributed by atoms with Gasteiger partial charge in [0.25, 0.3) is 0 Å². The van der Waals surface area contributed by atoms with Crippen molar-refractivity contribution in [2.75, 3.05) is 6.54 Å². The number of H-pyrrole nitrogens is 1. The molecule has 0 saturated carbocycles. The zero-order valence-corrected chi connectivity index (χ0v) is 13.7. The SMILES string of the molecule is CCc1ncc2c(n1)CN(Cc1cn[nH]c1-c1cccnc1)CC2. The van der Waals surface area contributed by atoms with Gasteiger partial charge in [-0.25, -0.2) is 9.97 Å². The van der Waals surface area contributed by atoms with E-state index < -0.39 is 0 Å². The minimum absolute atomic E-state index is 0.853. The molecule has 0 amide bonds. The number of hydrogen-bond donors (Lipinski definition) is 1. The first kappa shape index (κ1) is 15.0. The average molecular weight is 320 g/mol. The summed E-state index contributed by atoms with van der Waals surface area (Å²) in [4.78, 5) is 15.7. The average Bonchev–Trinajstić information content (AvgIpc) is 3.10. The fourth-order valence-electron chi connectivity index (χ4n) is 3.14. The highest BCUT2D eigenvalue weighted by Gasteiger charge is 2.20. The third-order valence-electron chi connectivity index (χ3n) is 4.45. The predicted molar refractivity (Wildman–Crippen MR) is 91.0 cm³/mol. The summed E-state index contributed by atoms with van der Waals surface area (Å²) < 4.78 is 0. The number of aryl methyl sites for hydroxylation is 1. The van der Waals surface area contributed by atoms with Gasteiger partial charge in [0.2, 0.25) is 0 Å². The van der Waals surface area contributed by atoms with E-state index in [4.69, 9.17) is 4.98 Å². The number of rotatable bonds is 4. The molecule has 6 nitrogen and oxygen atoms in total. The molecule has 0 atom stereocenters. The van der Waals surface area contributed by atoms with E-state index in [-0.39, 0.29) is 0 Å². The van der Waals surface area contributed by atoms with Crippen molar-refractivity contribution in [3.8, 4) is 11.3 Å². The number of aromatic amines is 1. The maximum Gasteiger partial charge on any atom is 0.128 e. The summed E-state index contributed by atoms with van der Waals surface area (Å²) in [6.45, 7) is 4.82. The van der Waals surface area contributed by atoms with Gasteiger partial charge in [0, 0.05) is 55.8 Å². The second-order valence-corrected chi connectivity index (χ2v) is 6.08. The molecular weight excluding hydrogens is 300 g/mol. The van der Waals surface area contributed by atoms with Gasteiger partial charge in [-0.05, 0) is 24.1 Å². The lowest BCUT2D eigenvalue weighted by Gasteiger charge is -2.27. The Balaban J connectivity index is 1.54. The van der Waals surface area contributed by atoms with Gasteiger partial charge in [0.15, 0.2) is 0 Å². The lowest BCUT2D eigenvalue weighted by Crippen LogP contribution is -2.31. The Labute approximate surface area is 141 Å². The smallest absolute Gasteiger partial charge is 0.128 e. The summed E-state index contributed by atoms with van der Waals surface area (Å²) in [6, 6.07) is 4.00. The van der Waals surface area contributed by atoms with Crippen LogP contribution in [0, 0.1) is 0 Å². The summed E-state index contributed by atoms with van der Waals surface area (Å²) in [5, 5.41) is 7.34. The standard InChI is InChI=1S/C18H20N6/c1-2-17-20-9-13-5-7-24(12-16(13)22-17)11-15-10-21-23-18(15)14-4-3-6-19-8-14/h3-4,6,8-10H,2,5,7,11-12H2,1H3,(H,21,23). The summed E-state index contributed by atoms with van der Waals surface area (Å²) in [5.74, 6) is 0.926. The van der Waals surface area contributed by atoms with E-state index >= 15 is 0 Å². The summed E-state index contributed by atoms with van der Waals surface area (Å²) in [6.07, 6.45) is 9.43. The number of nitrogens with one attached hydrogen (secondary N) is 1. The minimum Gasteiger partial charge on any atom is -0.293 e. The van der Waals surface area contributed by atoms with Crippen LogP contribution in [-0.2, 0) is 25.9 Å². The molecule has 1 aliphatic rings. The van der Waals surface area contributed by atoms with Gasteiger partial charge in [-0.3, -0.25) is 15.0 Å². The minimum atomic E-state index is 0.853. The second-order valence-electron chi connectivity index (χ2n) is 6.08. The molecule has 0 aromatic carbocycles. The molecule has 0 fully saturated rings. The van der Waals surface area contributed by atoms with Crippen LogP contribution in [-0.4, -0.2) is 36.6 Å². The highest BCUT2D eigenvalue weighted by atomic mass is 15.2. The highest BCUT2D eigenvalue weighted by molar-refractivity contribution is 5.61. The zero-order chi connectivity index (χ0) is 16.4. The van der Waals surface area contributed by atoms with E-state index in [0.717, 1.165) is 49.6 Å². The molecule has 4 heterocycles. The number of hydrogen-bond acceptors (Lipinski definition) is 5. The fourth-order valence-corrected chi connectivity index (χ4v) is 3.14. The molecule has 0 spiro atoms. The quantitative estimate of drug-likeness (QED) is 0.799. The molecule has 1 aliphatic heterocycles. The van der Waals surface area contributed by atoms with Crippen LogP contribution in [0.3, 0.4) is 0 Å². The molecule has 3 aromatic heterocycles. The molecule has 0 bridgehead atoms. The third-order valence-corrected chi connectivity index (χ3v) is 4.45. The Hall–Kier alpha value is -2.60. The molecule has 1 N–H and O–H groups in total. The molecule has 3 aromatic rings. The van der Waals surface area contributed by atoms with Crippen molar-refractivity contribution in [2.24, 2.45) is 0 Å². The van der Waals surface area contributed by atoms with Gasteiger partial charge in [0.05, 0.1) is 17.6 Å². The summed E-state index contributed by atoms with van der Waals surface area (Å²) in [5.41, 5.74) is 5.75. The fraction of sp³-hybridized carbons (Fsp3) is 0.333. The number of aromatic nitrogens is 5. The van der Waals surface area contributed by atoms with Crippen LogP contribution in [0.25, 0.3) is 11.3 Å². The summed E-state index contributed by atoms with van der Waals surface area (Å²) in [7, 11) is 0. The Kier molecular flexibility index (Phi) is 4.04. The summed E-state index contributed by atoms with van der Waals surface area (Å²) >= 11 is 0. The van der Waals surface area contributed by atoms with Gasteiger partial charge >= 0.3 is 0 Å². The first-order valence-electron chi connectivity index (χ1n) is 8.32. The maximum atomic E-state index is 4.71. The molecular formula is C18H20N6. The molecule has 0 aliphatic carbocycles. The van der Waals surface area contributed by atoms with Gasteiger partial charge in [-0.1, -0.05) is 6.92 Å². The first-order chi connectivity index (χ1) is 11.8. The molecule has 6 heteroatoms. The number of nitrogens with zero attached hydrogens (tertiary/aromatic N) is 5. The molecule has 0 radical (unpaired) electrons. The lowest BCUT2D eigenvalue weighted by atomic mass is 10.0. The Morgan fingerprint density at radius 1 is 1.25 bits per heavy atom. The Morgan fingerprint density at radius 2 is 2.21 bits per heavy atom. The number of pyridine rings is 1. The normalized spacial score (nSPS) is 14.5. The molecule has 0 saturated heterocycles. The van der Waals surface area contributed by atoms with Gasteiger partial charge in [0.1, 0.15) is 5.82 Å². The monoisotopic (exact) mass is 320 g/mol. The van der Waals surface area contributed by atoms with Gasteiger partial charge in [-0.15, -0.1) is 0 Å². The molecule has 4 rings (SSSR count). The Bertz CT molecular complexity index is 827. The lowest BCUT2D eigenvalue weighted by molar-refractivity contribution is 0.241.